The standard InChI is InChI=1S/C15H16F3N3O2/c1-10-3-5-11(6-4-10)20-12(22)9-14(23,15(16,17)18)13-19-7-8-21(13)2/h3-8,23H,9H2,1-2H3,(H,20,22). The van der Waals surface area contributed by atoms with E-state index in [1.54, 1.807) is 24.3 Å². The van der Waals surface area contributed by atoms with Crippen LogP contribution in [0.2, 0.25) is 0 Å². The first-order chi connectivity index (χ1) is 10.6. The van der Waals surface area contributed by atoms with Gasteiger partial charge in [0.2, 0.25) is 11.5 Å². The largest absolute Gasteiger partial charge is 0.425 e. The molecule has 0 aliphatic carbocycles. The highest BCUT2D eigenvalue weighted by Gasteiger charge is 2.58. The Morgan fingerprint density at radius 3 is 2.39 bits per heavy atom. The lowest BCUT2D eigenvalue weighted by Gasteiger charge is -2.29. The fourth-order valence-electron chi connectivity index (χ4n) is 2.14. The Morgan fingerprint density at radius 1 is 1.30 bits per heavy atom. The number of hydrogen-bond acceptors (Lipinski definition) is 3. The average molecular weight is 327 g/mol. The number of alkyl halides is 3. The van der Waals surface area contributed by atoms with Crippen LogP contribution >= 0.6 is 0 Å². The van der Waals surface area contributed by atoms with Gasteiger partial charge in [0, 0.05) is 25.1 Å². The molecule has 0 spiro atoms. The molecule has 2 aromatic rings. The van der Waals surface area contributed by atoms with Gasteiger partial charge in [-0.2, -0.15) is 13.2 Å². The Morgan fingerprint density at radius 2 is 1.91 bits per heavy atom. The maximum atomic E-state index is 13.3. The van der Waals surface area contributed by atoms with Crippen molar-refractivity contribution in [2.75, 3.05) is 5.32 Å². The summed E-state index contributed by atoms with van der Waals surface area (Å²) in [4.78, 5) is 15.5. The Kier molecular flexibility index (Phi) is 4.46. The Bertz CT molecular complexity index is 695. The van der Waals surface area contributed by atoms with Gasteiger partial charge in [0.25, 0.3) is 0 Å². The third kappa shape index (κ3) is 3.53. The van der Waals surface area contributed by atoms with Crippen LogP contribution in [0, 0.1) is 6.92 Å². The SMILES string of the molecule is Cc1ccc(NC(=O)CC(O)(c2nccn2C)C(F)(F)F)cc1. The number of amides is 1. The molecule has 23 heavy (non-hydrogen) atoms. The number of aryl methyl sites for hydroxylation is 2. The summed E-state index contributed by atoms with van der Waals surface area (Å²) in [6, 6.07) is 6.57. The Labute approximate surface area is 130 Å². The second-order valence-electron chi connectivity index (χ2n) is 5.31. The second kappa shape index (κ2) is 6.04. The molecule has 0 fully saturated rings. The average Bonchev–Trinajstić information content (AvgIpc) is 2.86. The van der Waals surface area contributed by atoms with Gasteiger partial charge < -0.3 is 15.0 Å². The number of carbonyl (C=O) groups excluding carboxylic acids is 1. The van der Waals surface area contributed by atoms with Crippen molar-refractivity contribution in [3.05, 3.63) is 48.0 Å². The summed E-state index contributed by atoms with van der Waals surface area (Å²) in [5, 5.41) is 12.5. The molecule has 1 aromatic heterocycles. The van der Waals surface area contributed by atoms with E-state index in [0.717, 1.165) is 16.3 Å². The van der Waals surface area contributed by atoms with E-state index in [-0.39, 0.29) is 0 Å². The maximum Gasteiger partial charge on any atom is 0.425 e. The van der Waals surface area contributed by atoms with E-state index in [1.165, 1.54) is 13.2 Å². The molecule has 5 nitrogen and oxygen atoms in total. The van der Waals surface area contributed by atoms with Gasteiger partial charge in [-0.3, -0.25) is 4.79 Å². The fraction of sp³-hybridized carbons (Fsp3) is 0.333. The number of aliphatic hydroxyl groups is 1. The first kappa shape index (κ1) is 17.0. The highest BCUT2D eigenvalue weighted by molar-refractivity contribution is 5.91. The molecule has 1 atom stereocenters. The Balaban J connectivity index is 2.23. The Hall–Kier alpha value is -2.35. The van der Waals surface area contributed by atoms with Crippen molar-refractivity contribution in [1.82, 2.24) is 9.55 Å². The van der Waals surface area contributed by atoms with E-state index in [0.29, 0.717) is 5.69 Å². The molecule has 0 bridgehead atoms. The molecule has 124 valence electrons. The molecular formula is C15H16F3N3O2. The molecule has 0 aliphatic heterocycles. The number of hydrogen-bond donors (Lipinski definition) is 2. The molecule has 0 aliphatic rings. The molecule has 1 heterocycles. The molecule has 1 aromatic carbocycles. The highest BCUT2D eigenvalue weighted by Crippen LogP contribution is 2.40. The summed E-state index contributed by atoms with van der Waals surface area (Å²) in [5.41, 5.74) is -2.06. The van der Waals surface area contributed by atoms with Gasteiger partial charge in [0.05, 0.1) is 6.42 Å². The van der Waals surface area contributed by atoms with E-state index >= 15 is 0 Å². The topological polar surface area (TPSA) is 67.2 Å². The smallest absolute Gasteiger partial charge is 0.374 e. The number of imidazole rings is 1. The van der Waals surface area contributed by atoms with Crippen molar-refractivity contribution in [3.8, 4) is 0 Å². The van der Waals surface area contributed by atoms with Gasteiger partial charge in [-0.15, -0.1) is 0 Å². The molecule has 1 amide bonds. The van der Waals surface area contributed by atoms with E-state index in [9.17, 15) is 23.1 Å². The monoisotopic (exact) mass is 327 g/mol. The van der Waals surface area contributed by atoms with Gasteiger partial charge in [0.1, 0.15) is 0 Å². The summed E-state index contributed by atoms with van der Waals surface area (Å²) in [6.07, 6.45) is -3.83. The third-order valence-electron chi connectivity index (χ3n) is 3.41. The normalized spacial score (nSPS) is 14.3. The minimum Gasteiger partial charge on any atom is -0.374 e. The van der Waals surface area contributed by atoms with Crippen molar-refractivity contribution in [2.24, 2.45) is 7.05 Å². The summed E-state index contributed by atoms with van der Waals surface area (Å²) >= 11 is 0. The van der Waals surface area contributed by atoms with Crippen LogP contribution in [0.5, 0.6) is 0 Å². The first-order valence-electron chi connectivity index (χ1n) is 6.77. The molecule has 2 rings (SSSR count). The van der Waals surface area contributed by atoms with E-state index < -0.39 is 29.9 Å². The van der Waals surface area contributed by atoms with Crippen molar-refractivity contribution in [3.63, 3.8) is 0 Å². The second-order valence-corrected chi connectivity index (χ2v) is 5.31. The van der Waals surface area contributed by atoms with E-state index in [2.05, 4.69) is 10.3 Å². The lowest BCUT2D eigenvalue weighted by molar-refractivity contribution is -0.270. The van der Waals surface area contributed by atoms with Crippen LogP contribution in [-0.4, -0.2) is 26.7 Å². The highest BCUT2D eigenvalue weighted by atomic mass is 19.4. The molecule has 0 saturated carbocycles. The molecule has 0 radical (unpaired) electrons. The number of nitrogens with zero attached hydrogens (tertiary/aromatic N) is 2. The van der Waals surface area contributed by atoms with Gasteiger partial charge >= 0.3 is 6.18 Å². The van der Waals surface area contributed by atoms with Gasteiger partial charge in [-0.1, -0.05) is 17.7 Å². The minimum absolute atomic E-state index is 0.352. The minimum atomic E-state index is -5.04. The lowest BCUT2D eigenvalue weighted by Crippen LogP contribution is -2.46. The number of anilines is 1. The number of halogens is 3. The number of nitrogens with one attached hydrogen (secondary N) is 1. The number of carbonyl (C=O) groups is 1. The molecule has 0 saturated heterocycles. The summed E-state index contributed by atoms with van der Waals surface area (Å²) in [7, 11) is 1.32. The number of benzene rings is 1. The molecule has 8 heteroatoms. The summed E-state index contributed by atoms with van der Waals surface area (Å²) in [6.45, 7) is 1.84. The molecule has 1 unspecified atom stereocenters. The van der Waals surface area contributed by atoms with Crippen LogP contribution in [0.25, 0.3) is 0 Å². The fourth-order valence-corrected chi connectivity index (χ4v) is 2.14. The molecular weight excluding hydrogens is 311 g/mol. The molecule has 2 N–H and O–H groups in total. The van der Waals surface area contributed by atoms with E-state index in [4.69, 9.17) is 0 Å². The zero-order valence-corrected chi connectivity index (χ0v) is 12.6. The van der Waals surface area contributed by atoms with Crippen molar-refractivity contribution >= 4 is 11.6 Å². The predicted octanol–water partition coefficient (Wildman–Crippen LogP) is 2.51. The van der Waals surface area contributed by atoms with Gasteiger partial charge in [-0.25, -0.2) is 4.98 Å². The van der Waals surface area contributed by atoms with Crippen LogP contribution in [0.1, 0.15) is 17.8 Å². The first-order valence-corrected chi connectivity index (χ1v) is 6.77. The van der Waals surface area contributed by atoms with E-state index in [1.807, 2.05) is 6.92 Å². The number of rotatable bonds is 4. The third-order valence-corrected chi connectivity index (χ3v) is 3.41. The van der Waals surface area contributed by atoms with Crippen LogP contribution in [0.4, 0.5) is 18.9 Å². The van der Waals surface area contributed by atoms with Crippen LogP contribution in [0.15, 0.2) is 36.7 Å². The van der Waals surface area contributed by atoms with Crippen LogP contribution < -0.4 is 5.32 Å². The van der Waals surface area contributed by atoms with Crippen molar-refractivity contribution < 1.29 is 23.1 Å². The van der Waals surface area contributed by atoms with Crippen molar-refractivity contribution in [1.29, 1.82) is 0 Å². The zero-order valence-electron chi connectivity index (χ0n) is 12.6. The van der Waals surface area contributed by atoms with Crippen LogP contribution in [-0.2, 0) is 17.4 Å². The maximum absolute atomic E-state index is 13.3. The van der Waals surface area contributed by atoms with Crippen molar-refractivity contribution in [2.45, 2.75) is 25.1 Å². The summed E-state index contributed by atoms with van der Waals surface area (Å²) < 4.78 is 41.0. The summed E-state index contributed by atoms with van der Waals surface area (Å²) in [5.74, 6) is -1.60. The predicted molar refractivity (Wildman–Crippen MR) is 77.6 cm³/mol. The van der Waals surface area contributed by atoms with Gasteiger partial charge in [0.15, 0.2) is 5.82 Å². The van der Waals surface area contributed by atoms with Gasteiger partial charge in [-0.05, 0) is 19.1 Å². The zero-order chi connectivity index (χ0) is 17.3. The number of aromatic nitrogens is 2. The van der Waals surface area contributed by atoms with Crippen LogP contribution in [0.3, 0.4) is 0 Å². The lowest BCUT2D eigenvalue weighted by atomic mass is 9.97. The quantitative estimate of drug-likeness (QED) is 0.907.